The van der Waals surface area contributed by atoms with Crippen molar-refractivity contribution in [2.75, 3.05) is 19.8 Å². The molecule has 0 bridgehead atoms. The van der Waals surface area contributed by atoms with Gasteiger partial charge in [0.05, 0.1) is 18.8 Å². The monoisotopic (exact) mass is 246 g/mol. The van der Waals surface area contributed by atoms with E-state index in [0.29, 0.717) is 18.9 Å². The molecule has 0 aliphatic heterocycles. The van der Waals surface area contributed by atoms with Crippen LogP contribution in [0.25, 0.3) is 0 Å². The lowest BCUT2D eigenvalue weighted by Crippen LogP contribution is -2.52. The van der Waals surface area contributed by atoms with Crippen molar-refractivity contribution in [3.8, 4) is 0 Å². The highest BCUT2D eigenvalue weighted by molar-refractivity contribution is 5.77. The summed E-state index contributed by atoms with van der Waals surface area (Å²) in [5.74, 6) is 0.474. The molecule has 17 heavy (non-hydrogen) atoms. The number of aliphatic hydroxyl groups excluding tert-OH is 2. The molecule has 0 aromatic heterocycles. The number of amides is 1. The second kappa shape index (κ2) is 7.63. The van der Waals surface area contributed by atoms with Gasteiger partial charge in [-0.05, 0) is 31.7 Å². The fraction of sp³-hybridized carbons (Fsp3) is 0.917. The van der Waals surface area contributed by atoms with Crippen molar-refractivity contribution >= 4 is 5.91 Å². The van der Waals surface area contributed by atoms with Gasteiger partial charge in [-0.3, -0.25) is 4.79 Å². The second-order valence-corrected chi connectivity index (χ2v) is 5.36. The first-order valence-electron chi connectivity index (χ1n) is 6.09. The Morgan fingerprint density at radius 3 is 2.24 bits per heavy atom. The fourth-order valence-electron chi connectivity index (χ4n) is 1.71. The molecule has 0 rings (SSSR count). The van der Waals surface area contributed by atoms with Crippen LogP contribution in [-0.2, 0) is 4.79 Å². The molecule has 0 aromatic carbocycles. The van der Waals surface area contributed by atoms with E-state index in [9.17, 15) is 4.79 Å². The number of nitrogens with one attached hydrogen (secondary N) is 1. The van der Waals surface area contributed by atoms with Crippen molar-refractivity contribution in [1.29, 1.82) is 0 Å². The molecule has 0 aromatic rings. The van der Waals surface area contributed by atoms with Gasteiger partial charge in [-0.25, -0.2) is 0 Å². The largest absolute Gasteiger partial charge is 0.394 e. The fourth-order valence-corrected chi connectivity index (χ4v) is 1.71. The minimum Gasteiger partial charge on any atom is -0.394 e. The minimum atomic E-state index is -0.950. The van der Waals surface area contributed by atoms with Crippen LogP contribution in [0.15, 0.2) is 0 Å². The Hall–Kier alpha value is -0.650. The SMILES string of the molecule is CC(C)CC(CN)CC(=O)NC(C)(CO)CO. The lowest BCUT2D eigenvalue weighted by molar-refractivity contribution is -0.125. The van der Waals surface area contributed by atoms with Gasteiger partial charge < -0.3 is 21.3 Å². The van der Waals surface area contributed by atoms with Crippen molar-refractivity contribution < 1.29 is 15.0 Å². The van der Waals surface area contributed by atoms with Crippen molar-refractivity contribution in [3.05, 3.63) is 0 Å². The molecule has 5 N–H and O–H groups in total. The molecule has 5 nitrogen and oxygen atoms in total. The normalized spacial score (nSPS) is 13.8. The molecule has 1 atom stereocenters. The Morgan fingerprint density at radius 2 is 1.88 bits per heavy atom. The van der Waals surface area contributed by atoms with Crippen LogP contribution < -0.4 is 11.1 Å². The third-order valence-corrected chi connectivity index (χ3v) is 2.75. The van der Waals surface area contributed by atoms with E-state index < -0.39 is 5.54 Å². The molecule has 5 heteroatoms. The van der Waals surface area contributed by atoms with Gasteiger partial charge >= 0.3 is 0 Å². The number of rotatable bonds is 8. The van der Waals surface area contributed by atoms with Crippen LogP contribution in [0.2, 0.25) is 0 Å². The van der Waals surface area contributed by atoms with E-state index in [1.807, 2.05) is 0 Å². The summed E-state index contributed by atoms with van der Waals surface area (Å²) in [6.07, 6.45) is 1.24. The molecule has 0 fully saturated rings. The first-order chi connectivity index (χ1) is 7.86. The lowest BCUT2D eigenvalue weighted by atomic mass is 9.93. The van der Waals surface area contributed by atoms with E-state index in [1.54, 1.807) is 6.92 Å². The Bertz CT molecular complexity index is 228. The number of aliphatic hydroxyl groups is 2. The van der Waals surface area contributed by atoms with Gasteiger partial charge in [0.25, 0.3) is 0 Å². The van der Waals surface area contributed by atoms with Gasteiger partial charge in [0.15, 0.2) is 0 Å². The second-order valence-electron chi connectivity index (χ2n) is 5.36. The third-order valence-electron chi connectivity index (χ3n) is 2.75. The number of carbonyl (C=O) groups excluding carboxylic acids is 1. The first-order valence-corrected chi connectivity index (χ1v) is 6.09. The zero-order valence-corrected chi connectivity index (χ0v) is 11.1. The highest BCUT2D eigenvalue weighted by atomic mass is 16.3. The smallest absolute Gasteiger partial charge is 0.220 e. The topological polar surface area (TPSA) is 95.6 Å². The third kappa shape index (κ3) is 6.61. The summed E-state index contributed by atoms with van der Waals surface area (Å²) < 4.78 is 0. The zero-order chi connectivity index (χ0) is 13.5. The molecule has 0 radical (unpaired) electrons. The highest BCUT2D eigenvalue weighted by Crippen LogP contribution is 2.14. The molecule has 0 spiro atoms. The van der Waals surface area contributed by atoms with E-state index in [4.69, 9.17) is 15.9 Å². The van der Waals surface area contributed by atoms with Gasteiger partial charge in [-0.2, -0.15) is 0 Å². The lowest BCUT2D eigenvalue weighted by Gasteiger charge is -2.27. The molecule has 0 aliphatic carbocycles. The summed E-state index contributed by atoms with van der Waals surface area (Å²) >= 11 is 0. The maximum atomic E-state index is 11.7. The van der Waals surface area contributed by atoms with Gasteiger partial charge in [0, 0.05) is 6.42 Å². The average Bonchev–Trinajstić information content (AvgIpc) is 2.27. The number of hydrogen-bond acceptors (Lipinski definition) is 4. The predicted octanol–water partition coefficient (Wildman–Crippen LogP) is -0.143. The maximum absolute atomic E-state index is 11.7. The van der Waals surface area contributed by atoms with Crippen LogP contribution in [0.4, 0.5) is 0 Å². The van der Waals surface area contributed by atoms with Crippen molar-refractivity contribution in [3.63, 3.8) is 0 Å². The Morgan fingerprint density at radius 1 is 1.35 bits per heavy atom. The van der Waals surface area contributed by atoms with Crippen LogP contribution in [0.3, 0.4) is 0 Å². The Balaban J connectivity index is 4.23. The summed E-state index contributed by atoms with van der Waals surface area (Å²) in [4.78, 5) is 11.7. The highest BCUT2D eigenvalue weighted by Gasteiger charge is 2.25. The first kappa shape index (κ1) is 16.4. The molecule has 0 saturated carbocycles. The summed E-state index contributed by atoms with van der Waals surface area (Å²) in [5, 5.41) is 20.8. The standard InChI is InChI=1S/C12H26N2O3/c1-9(2)4-10(6-13)5-11(17)14-12(3,7-15)8-16/h9-10,15-16H,4-8,13H2,1-3H3,(H,14,17). The summed E-state index contributed by atoms with van der Waals surface area (Å²) in [6.45, 7) is 5.68. The van der Waals surface area contributed by atoms with Crippen LogP contribution in [0.1, 0.15) is 33.6 Å². The summed E-state index contributed by atoms with van der Waals surface area (Å²) in [6, 6.07) is 0. The summed E-state index contributed by atoms with van der Waals surface area (Å²) in [7, 11) is 0. The molecule has 1 unspecified atom stereocenters. The van der Waals surface area contributed by atoms with Gasteiger partial charge in [-0.1, -0.05) is 13.8 Å². The Kier molecular flexibility index (Phi) is 7.34. The van der Waals surface area contributed by atoms with Crippen LogP contribution in [0.5, 0.6) is 0 Å². The predicted molar refractivity (Wildman–Crippen MR) is 67.3 cm³/mol. The maximum Gasteiger partial charge on any atom is 0.220 e. The minimum absolute atomic E-state index is 0.150. The molecule has 0 saturated heterocycles. The molecular weight excluding hydrogens is 220 g/mol. The van der Waals surface area contributed by atoms with Crippen molar-refractivity contribution in [1.82, 2.24) is 5.32 Å². The van der Waals surface area contributed by atoms with Crippen molar-refractivity contribution in [2.24, 2.45) is 17.6 Å². The van der Waals surface area contributed by atoms with E-state index in [1.165, 1.54) is 0 Å². The average molecular weight is 246 g/mol. The van der Waals surface area contributed by atoms with E-state index in [0.717, 1.165) is 6.42 Å². The molecular formula is C12H26N2O3. The van der Waals surface area contributed by atoms with Crippen molar-refractivity contribution in [2.45, 2.75) is 39.2 Å². The Labute approximate surface area is 103 Å². The van der Waals surface area contributed by atoms with Gasteiger partial charge in [0.1, 0.15) is 0 Å². The quantitative estimate of drug-likeness (QED) is 0.479. The van der Waals surface area contributed by atoms with Gasteiger partial charge in [0.2, 0.25) is 5.91 Å². The van der Waals surface area contributed by atoms with E-state index in [2.05, 4.69) is 19.2 Å². The van der Waals surface area contributed by atoms with Gasteiger partial charge in [-0.15, -0.1) is 0 Å². The van der Waals surface area contributed by atoms with E-state index >= 15 is 0 Å². The molecule has 0 heterocycles. The molecule has 1 amide bonds. The zero-order valence-electron chi connectivity index (χ0n) is 11.1. The number of nitrogens with two attached hydrogens (primary N) is 1. The van der Waals surface area contributed by atoms with Crippen LogP contribution >= 0.6 is 0 Å². The van der Waals surface area contributed by atoms with Crippen LogP contribution in [-0.4, -0.2) is 41.4 Å². The number of carbonyl (C=O) groups is 1. The number of hydrogen-bond donors (Lipinski definition) is 4. The van der Waals surface area contributed by atoms with Crippen LogP contribution in [0, 0.1) is 11.8 Å². The molecule has 102 valence electrons. The summed E-state index contributed by atoms with van der Waals surface area (Å²) in [5.41, 5.74) is 4.67. The molecule has 0 aliphatic rings. The van der Waals surface area contributed by atoms with E-state index in [-0.39, 0.29) is 25.0 Å².